The van der Waals surface area contributed by atoms with Crippen LogP contribution in [0.25, 0.3) is 0 Å². The number of nitro groups is 2. The van der Waals surface area contributed by atoms with Crippen LogP contribution in [0, 0.1) is 20.2 Å². The Bertz CT molecular complexity index is 748. The molecule has 1 heterocycles. The highest BCUT2D eigenvalue weighted by Gasteiger charge is 2.20. The van der Waals surface area contributed by atoms with E-state index in [1.165, 1.54) is 6.07 Å². The van der Waals surface area contributed by atoms with Crippen LogP contribution in [0.2, 0.25) is 0 Å². The van der Waals surface area contributed by atoms with Crippen molar-refractivity contribution in [2.45, 2.75) is 13.0 Å². The first-order valence-corrected chi connectivity index (χ1v) is 6.54. The summed E-state index contributed by atoms with van der Waals surface area (Å²) in [6, 6.07) is 6.68. The number of aromatic nitrogens is 1. The topological polar surface area (TPSA) is 128 Å². The first kappa shape index (κ1) is 16.0. The normalized spacial score (nSPS) is 10.1. The van der Waals surface area contributed by atoms with E-state index in [1.54, 1.807) is 24.5 Å². The molecule has 1 aromatic heterocycles. The summed E-state index contributed by atoms with van der Waals surface area (Å²) in [7, 11) is 0. The van der Waals surface area contributed by atoms with Gasteiger partial charge in [-0.05, 0) is 23.8 Å². The molecular formula is C14H12N4O5. The minimum Gasteiger partial charge on any atom is -0.352 e. The summed E-state index contributed by atoms with van der Waals surface area (Å²) in [5.74, 6) is -0.418. The number of hydrogen-bond donors (Lipinski definition) is 1. The molecule has 0 unspecified atom stereocenters. The van der Waals surface area contributed by atoms with E-state index < -0.39 is 27.1 Å². The maximum atomic E-state index is 11.9. The summed E-state index contributed by atoms with van der Waals surface area (Å²) in [6.45, 7) is 0.266. The molecule has 0 aliphatic rings. The van der Waals surface area contributed by atoms with Crippen molar-refractivity contribution in [1.82, 2.24) is 10.3 Å². The van der Waals surface area contributed by atoms with Crippen LogP contribution in [0.5, 0.6) is 0 Å². The van der Waals surface area contributed by atoms with Gasteiger partial charge in [0, 0.05) is 30.6 Å². The molecule has 0 fully saturated rings. The number of nitrogens with one attached hydrogen (secondary N) is 1. The number of benzene rings is 1. The lowest BCUT2D eigenvalue weighted by atomic mass is 10.1. The van der Waals surface area contributed by atoms with Crippen molar-refractivity contribution in [3.8, 4) is 0 Å². The van der Waals surface area contributed by atoms with Gasteiger partial charge in [-0.1, -0.05) is 0 Å². The summed E-state index contributed by atoms with van der Waals surface area (Å²) in [5.41, 5.74) is 0.121. The standard InChI is InChI=1S/C14H12N4O5/c19-14(16-9-10-3-5-15-6-4-10)7-11-1-2-12(17(20)21)8-13(11)18(22)23/h1-6,8H,7,9H2,(H,16,19). The first-order valence-electron chi connectivity index (χ1n) is 6.54. The summed E-state index contributed by atoms with van der Waals surface area (Å²) >= 11 is 0. The molecule has 0 aliphatic heterocycles. The zero-order valence-electron chi connectivity index (χ0n) is 11.8. The first-order chi connectivity index (χ1) is 11.0. The molecule has 0 bridgehead atoms. The number of carbonyl (C=O) groups excluding carboxylic acids is 1. The lowest BCUT2D eigenvalue weighted by Gasteiger charge is -2.06. The van der Waals surface area contributed by atoms with Crippen molar-refractivity contribution < 1.29 is 14.6 Å². The average molecular weight is 316 g/mol. The number of pyridine rings is 1. The van der Waals surface area contributed by atoms with Crippen LogP contribution < -0.4 is 5.32 Å². The van der Waals surface area contributed by atoms with Gasteiger partial charge < -0.3 is 5.32 Å². The Morgan fingerprint density at radius 1 is 1.09 bits per heavy atom. The molecular weight excluding hydrogens is 304 g/mol. The summed E-state index contributed by atoms with van der Waals surface area (Å²) in [5, 5.41) is 24.3. The minimum atomic E-state index is -0.738. The van der Waals surface area contributed by atoms with Crippen molar-refractivity contribution >= 4 is 17.3 Å². The second kappa shape index (κ2) is 7.07. The van der Waals surface area contributed by atoms with Crippen LogP contribution in [0.3, 0.4) is 0 Å². The molecule has 1 N–H and O–H groups in total. The monoisotopic (exact) mass is 316 g/mol. The summed E-state index contributed by atoms with van der Waals surface area (Å²) < 4.78 is 0. The summed E-state index contributed by atoms with van der Waals surface area (Å²) in [6.07, 6.45) is 2.94. The highest BCUT2D eigenvalue weighted by atomic mass is 16.6. The zero-order chi connectivity index (χ0) is 16.8. The van der Waals surface area contributed by atoms with Crippen molar-refractivity contribution in [1.29, 1.82) is 0 Å². The fourth-order valence-electron chi connectivity index (χ4n) is 1.92. The molecule has 0 atom stereocenters. The van der Waals surface area contributed by atoms with E-state index in [2.05, 4.69) is 10.3 Å². The Morgan fingerprint density at radius 3 is 2.39 bits per heavy atom. The lowest BCUT2D eigenvalue weighted by molar-refractivity contribution is -0.394. The third-order valence-electron chi connectivity index (χ3n) is 3.07. The van der Waals surface area contributed by atoms with Crippen molar-refractivity contribution in [2.24, 2.45) is 0 Å². The van der Waals surface area contributed by atoms with Gasteiger partial charge in [0.1, 0.15) is 0 Å². The van der Waals surface area contributed by atoms with Gasteiger partial charge >= 0.3 is 0 Å². The van der Waals surface area contributed by atoms with E-state index >= 15 is 0 Å². The molecule has 0 spiro atoms. The number of non-ortho nitro benzene ring substituents is 1. The highest BCUT2D eigenvalue weighted by Crippen LogP contribution is 2.25. The molecule has 2 aromatic rings. The number of nitrogens with zero attached hydrogens (tertiary/aromatic N) is 3. The van der Waals surface area contributed by atoms with E-state index in [1.807, 2.05) is 0 Å². The predicted octanol–water partition coefficient (Wildman–Crippen LogP) is 1.76. The number of rotatable bonds is 6. The SMILES string of the molecule is O=C(Cc1ccc([N+](=O)[O-])cc1[N+](=O)[O-])NCc1ccncc1. The van der Waals surface area contributed by atoms with Gasteiger partial charge in [0.2, 0.25) is 5.91 Å². The van der Waals surface area contributed by atoms with Crippen molar-refractivity contribution in [3.63, 3.8) is 0 Å². The van der Waals surface area contributed by atoms with Crippen molar-refractivity contribution in [2.75, 3.05) is 0 Å². The van der Waals surface area contributed by atoms with E-state index in [9.17, 15) is 25.0 Å². The van der Waals surface area contributed by atoms with E-state index in [4.69, 9.17) is 0 Å². The Balaban J connectivity index is 2.08. The molecule has 2 rings (SSSR count). The highest BCUT2D eigenvalue weighted by molar-refractivity contribution is 5.80. The fraction of sp³-hybridized carbons (Fsp3) is 0.143. The third-order valence-corrected chi connectivity index (χ3v) is 3.07. The minimum absolute atomic E-state index is 0.118. The molecule has 0 saturated heterocycles. The van der Waals surface area contributed by atoms with Gasteiger partial charge in [-0.2, -0.15) is 0 Å². The van der Waals surface area contributed by atoms with E-state index in [-0.39, 0.29) is 18.5 Å². The van der Waals surface area contributed by atoms with Crippen LogP contribution in [-0.2, 0) is 17.8 Å². The van der Waals surface area contributed by atoms with Gasteiger partial charge in [-0.25, -0.2) is 0 Å². The Kier molecular flexibility index (Phi) is 4.92. The van der Waals surface area contributed by atoms with Crippen LogP contribution >= 0.6 is 0 Å². The maximum absolute atomic E-state index is 11.9. The van der Waals surface area contributed by atoms with Gasteiger partial charge in [0.25, 0.3) is 11.4 Å². The van der Waals surface area contributed by atoms with Crippen LogP contribution in [-0.4, -0.2) is 20.7 Å². The van der Waals surface area contributed by atoms with Gasteiger partial charge in [0.15, 0.2) is 0 Å². The quantitative estimate of drug-likeness (QED) is 0.638. The van der Waals surface area contributed by atoms with E-state index in [0.29, 0.717) is 0 Å². The zero-order valence-corrected chi connectivity index (χ0v) is 11.8. The summed E-state index contributed by atoms with van der Waals surface area (Å²) in [4.78, 5) is 36.0. The molecule has 0 aliphatic carbocycles. The van der Waals surface area contributed by atoms with Gasteiger partial charge in [0.05, 0.1) is 22.3 Å². The van der Waals surface area contributed by atoms with E-state index in [0.717, 1.165) is 17.7 Å². The number of nitro benzene ring substituents is 2. The maximum Gasteiger partial charge on any atom is 0.279 e. The number of hydrogen-bond acceptors (Lipinski definition) is 6. The molecule has 1 aromatic carbocycles. The molecule has 0 saturated carbocycles. The molecule has 23 heavy (non-hydrogen) atoms. The molecule has 9 heteroatoms. The molecule has 1 amide bonds. The second-order valence-corrected chi connectivity index (χ2v) is 4.64. The molecule has 118 valence electrons. The predicted molar refractivity (Wildman–Crippen MR) is 79.5 cm³/mol. The molecule has 0 radical (unpaired) electrons. The van der Waals surface area contributed by atoms with Crippen molar-refractivity contribution in [3.05, 3.63) is 74.1 Å². The fourth-order valence-corrected chi connectivity index (χ4v) is 1.92. The Hall–Kier alpha value is -3.36. The molecule has 9 nitrogen and oxygen atoms in total. The third kappa shape index (κ3) is 4.30. The van der Waals surface area contributed by atoms with Gasteiger partial charge in [-0.15, -0.1) is 0 Å². The smallest absolute Gasteiger partial charge is 0.279 e. The van der Waals surface area contributed by atoms with Gasteiger partial charge in [-0.3, -0.25) is 30.0 Å². The van der Waals surface area contributed by atoms with Crippen LogP contribution in [0.15, 0.2) is 42.7 Å². The largest absolute Gasteiger partial charge is 0.352 e. The van der Waals surface area contributed by atoms with Crippen LogP contribution in [0.1, 0.15) is 11.1 Å². The van der Waals surface area contributed by atoms with Crippen LogP contribution in [0.4, 0.5) is 11.4 Å². The number of amides is 1. The second-order valence-electron chi connectivity index (χ2n) is 4.64. The number of carbonyl (C=O) groups is 1. The lowest BCUT2D eigenvalue weighted by Crippen LogP contribution is -2.24. The average Bonchev–Trinajstić information content (AvgIpc) is 2.54. The Morgan fingerprint density at radius 2 is 1.78 bits per heavy atom. The Labute approximate surface area is 130 Å².